The fourth-order valence-corrected chi connectivity index (χ4v) is 8.22. The fraction of sp³-hybridized carbons (Fsp3) is 0.944. The Labute approximate surface area is 374 Å². The number of unbranched alkanes of at least 4 members (excludes halogenated alkanes) is 36. The van der Waals surface area contributed by atoms with Crippen LogP contribution in [0.1, 0.15) is 304 Å². The Bertz CT molecular complexity index is 903. The molecular formula is C54H104O6. The molecule has 0 unspecified atom stereocenters. The monoisotopic (exact) mass is 849 g/mol. The van der Waals surface area contributed by atoms with Gasteiger partial charge in [-0.15, -0.1) is 0 Å². The summed E-state index contributed by atoms with van der Waals surface area (Å²) in [5.41, 5.74) is 0. The first-order valence-corrected chi connectivity index (χ1v) is 26.9. The second kappa shape index (κ2) is 48.4. The van der Waals surface area contributed by atoms with Gasteiger partial charge in [0.15, 0.2) is 6.10 Å². The lowest BCUT2D eigenvalue weighted by Crippen LogP contribution is -2.30. The molecule has 0 aromatic heterocycles. The van der Waals surface area contributed by atoms with E-state index in [4.69, 9.17) is 14.2 Å². The Balaban J connectivity index is 4.21. The van der Waals surface area contributed by atoms with Crippen molar-refractivity contribution in [3.8, 4) is 0 Å². The summed E-state index contributed by atoms with van der Waals surface area (Å²) in [6, 6.07) is 0. The lowest BCUT2D eigenvalue weighted by Gasteiger charge is -2.18. The number of carbonyl (C=O) groups excluding carboxylic acids is 3. The van der Waals surface area contributed by atoms with Crippen molar-refractivity contribution in [2.24, 2.45) is 5.92 Å². The maximum atomic E-state index is 12.7. The maximum absolute atomic E-state index is 12.7. The molecule has 0 fully saturated rings. The zero-order valence-corrected chi connectivity index (χ0v) is 40.9. The van der Waals surface area contributed by atoms with Gasteiger partial charge in [0.1, 0.15) is 13.2 Å². The van der Waals surface area contributed by atoms with E-state index in [2.05, 4.69) is 27.7 Å². The summed E-state index contributed by atoms with van der Waals surface area (Å²) >= 11 is 0. The minimum absolute atomic E-state index is 0.0638. The molecule has 0 spiro atoms. The summed E-state index contributed by atoms with van der Waals surface area (Å²) in [6.45, 7) is 8.97. The Morgan fingerprint density at radius 1 is 0.317 bits per heavy atom. The second-order valence-corrected chi connectivity index (χ2v) is 19.0. The first-order valence-electron chi connectivity index (χ1n) is 26.9. The molecule has 0 amide bonds. The van der Waals surface area contributed by atoms with E-state index >= 15 is 0 Å². The lowest BCUT2D eigenvalue weighted by atomic mass is 10.0. The summed E-state index contributed by atoms with van der Waals surface area (Å²) in [5, 5.41) is 0. The van der Waals surface area contributed by atoms with Crippen LogP contribution in [0.25, 0.3) is 0 Å². The highest BCUT2D eigenvalue weighted by molar-refractivity contribution is 5.71. The molecule has 6 heteroatoms. The van der Waals surface area contributed by atoms with Crippen LogP contribution in [0.3, 0.4) is 0 Å². The first kappa shape index (κ1) is 58.4. The predicted octanol–water partition coefficient (Wildman–Crippen LogP) is 17.5. The summed E-state index contributed by atoms with van der Waals surface area (Å²) in [6.07, 6.45) is 51.1. The highest BCUT2D eigenvalue weighted by Crippen LogP contribution is 2.17. The molecule has 0 aliphatic rings. The number of ether oxygens (including phenoxy) is 3. The number of carbonyl (C=O) groups is 3. The zero-order chi connectivity index (χ0) is 43.8. The highest BCUT2D eigenvalue weighted by atomic mass is 16.6. The van der Waals surface area contributed by atoms with Crippen molar-refractivity contribution in [3.63, 3.8) is 0 Å². The van der Waals surface area contributed by atoms with Crippen LogP contribution in [-0.4, -0.2) is 37.2 Å². The van der Waals surface area contributed by atoms with E-state index < -0.39 is 6.10 Å². The van der Waals surface area contributed by atoms with Gasteiger partial charge in [0.05, 0.1) is 0 Å². The van der Waals surface area contributed by atoms with Crippen LogP contribution >= 0.6 is 0 Å². The van der Waals surface area contributed by atoms with Gasteiger partial charge in [-0.3, -0.25) is 14.4 Å². The molecule has 0 aliphatic heterocycles. The largest absolute Gasteiger partial charge is 0.462 e. The minimum Gasteiger partial charge on any atom is -0.462 e. The predicted molar refractivity (Wildman–Crippen MR) is 257 cm³/mol. The molecule has 0 heterocycles. The average Bonchev–Trinajstić information content (AvgIpc) is 3.23. The van der Waals surface area contributed by atoms with Crippen molar-refractivity contribution >= 4 is 17.9 Å². The molecule has 0 aromatic carbocycles. The Hall–Kier alpha value is -1.59. The van der Waals surface area contributed by atoms with Gasteiger partial charge in [-0.05, 0) is 25.2 Å². The van der Waals surface area contributed by atoms with Crippen molar-refractivity contribution < 1.29 is 28.6 Å². The zero-order valence-electron chi connectivity index (χ0n) is 40.9. The molecule has 0 rings (SSSR count). The summed E-state index contributed by atoms with van der Waals surface area (Å²) < 4.78 is 16.8. The van der Waals surface area contributed by atoms with E-state index in [1.54, 1.807) is 0 Å². The molecule has 0 bridgehead atoms. The quantitative estimate of drug-likeness (QED) is 0.0345. The SMILES string of the molecule is CCCCCCCCCCCCCCCCCCCCC(=O)OC[C@@H](COC(=O)CCCCCCCCCCCCCCCCC)OC(=O)CCCCCCCCC(C)C. The molecule has 0 saturated carbocycles. The van der Waals surface area contributed by atoms with E-state index in [0.29, 0.717) is 19.3 Å². The van der Waals surface area contributed by atoms with Gasteiger partial charge < -0.3 is 14.2 Å². The molecule has 356 valence electrons. The normalized spacial score (nSPS) is 11.9. The molecule has 0 aliphatic carbocycles. The van der Waals surface area contributed by atoms with Crippen LogP contribution in [0, 0.1) is 5.92 Å². The molecule has 0 aromatic rings. The smallest absolute Gasteiger partial charge is 0.306 e. The third-order valence-corrected chi connectivity index (χ3v) is 12.3. The Morgan fingerprint density at radius 3 is 0.817 bits per heavy atom. The first-order chi connectivity index (χ1) is 29.4. The molecule has 0 saturated heterocycles. The lowest BCUT2D eigenvalue weighted by molar-refractivity contribution is -0.167. The summed E-state index contributed by atoms with van der Waals surface area (Å²) in [4.78, 5) is 37.9. The van der Waals surface area contributed by atoms with Gasteiger partial charge >= 0.3 is 17.9 Å². The van der Waals surface area contributed by atoms with Crippen LogP contribution < -0.4 is 0 Å². The molecule has 0 N–H and O–H groups in total. The van der Waals surface area contributed by atoms with Gasteiger partial charge in [0, 0.05) is 19.3 Å². The molecule has 6 nitrogen and oxygen atoms in total. The van der Waals surface area contributed by atoms with Gasteiger partial charge in [0.2, 0.25) is 0 Å². The van der Waals surface area contributed by atoms with Crippen molar-refractivity contribution in [2.45, 2.75) is 310 Å². The van der Waals surface area contributed by atoms with Gasteiger partial charge in [-0.25, -0.2) is 0 Å². The van der Waals surface area contributed by atoms with Crippen LogP contribution in [0.2, 0.25) is 0 Å². The Kier molecular flexibility index (Phi) is 47.2. The molecule has 60 heavy (non-hydrogen) atoms. The van der Waals surface area contributed by atoms with Crippen LogP contribution in [0.15, 0.2) is 0 Å². The molecule has 1 atom stereocenters. The topological polar surface area (TPSA) is 78.9 Å². The van der Waals surface area contributed by atoms with Crippen LogP contribution in [0.4, 0.5) is 0 Å². The van der Waals surface area contributed by atoms with Crippen molar-refractivity contribution in [1.29, 1.82) is 0 Å². The van der Waals surface area contributed by atoms with E-state index in [1.165, 1.54) is 199 Å². The summed E-state index contributed by atoms with van der Waals surface area (Å²) in [7, 11) is 0. The third-order valence-electron chi connectivity index (χ3n) is 12.3. The van der Waals surface area contributed by atoms with E-state index in [-0.39, 0.29) is 31.1 Å². The second-order valence-electron chi connectivity index (χ2n) is 19.0. The van der Waals surface area contributed by atoms with E-state index in [1.807, 2.05) is 0 Å². The van der Waals surface area contributed by atoms with Crippen molar-refractivity contribution in [1.82, 2.24) is 0 Å². The van der Waals surface area contributed by atoms with E-state index in [0.717, 1.165) is 63.7 Å². The van der Waals surface area contributed by atoms with Gasteiger partial charge in [0.25, 0.3) is 0 Å². The standard InChI is InChI=1S/C54H104O6/c1-5-7-9-11-13-15-17-19-21-22-23-25-27-29-31-33-38-42-46-53(56)59-49-51(60-54(57)47-43-39-35-34-36-40-44-50(3)4)48-58-52(55)45-41-37-32-30-28-26-24-20-18-16-14-12-10-8-6-2/h50-51H,5-49H2,1-4H3/t51-/m1/s1. The van der Waals surface area contributed by atoms with Crippen LogP contribution in [0.5, 0.6) is 0 Å². The number of hydrogen-bond acceptors (Lipinski definition) is 6. The maximum Gasteiger partial charge on any atom is 0.306 e. The highest BCUT2D eigenvalue weighted by Gasteiger charge is 2.19. The van der Waals surface area contributed by atoms with Crippen molar-refractivity contribution in [3.05, 3.63) is 0 Å². The number of esters is 3. The summed E-state index contributed by atoms with van der Waals surface area (Å²) in [5.74, 6) is -0.0889. The third kappa shape index (κ3) is 47.5. The van der Waals surface area contributed by atoms with Crippen LogP contribution in [-0.2, 0) is 28.6 Å². The van der Waals surface area contributed by atoms with Gasteiger partial charge in [-0.2, -0.15) is 0 Å². The van der Waals surface area contributed by atoms with Gasteiger partial charge in [-0.1, -0.05) is 265 Å². The fourth-order valence-electron chi connectivity index (χ4n) is 8.22. The average molecular weight is 849 g/mol. The Morgan fingerprint density at radius 2 is 0.550 bits per heavy atom. The minimum atomic E-state index is -0.761. The molecule has 0 radical (unpaired) electrons. The molecular weight excluding hydrogens is 745 g/mol. The number of rotatable bonds is 49. The van der Waals surface area contributed by atoms with E-state index in [9.17, 15) is 14.4 Å². The van der Waals surface area contributed by atoms with Crippen molar-refractivity contribution in [2.75, 3.05) is 13.2 Å². The number of hydrogen-bond donors (Lipinski definition) is 0.